The number of hydrogen-bond acceptors (Lipinski definition) is 4. The van der Waals surface area contributed by atoms with Gasteiger partial charge in [0.15, 0.2) is 0 Å². The molecule has 1 aliphatic rings. The SMILES string of the molecule is CCC(C)Oc1ccccc1NC(=O)N(C)CC1(CO)CCOCC1. The van der Waals surface area contributed by atoms with E-state index in [4.69, 9.17) is 9.47 Å². The van der Waals surface area contributed by atoms with Gasteiger partial charge in [0, 0.05) is 32.2 Å². The molecule has 2 N–H and O–H groups in total. The van der Waals surface area contributed by atoms with Gasteiger partial charge in [0.25, 0.3) is 0 Å². The third-order valence-corrected chi connectivity index (χ3v) is 4.84. The summed E-state index contributed by atoms with van der Waals surface area (Å²) < 4.78 is 11.3. The lowest BCUT2D eigenvalue weighted by molar-refractivity contribution is -0.0255. The standard InChI is InChI=1S/C19H30N2O4/c1-4-15(2)25-17-8-6-5-7-16(17)20-18(23)21(3)13-19(14-22)9-11-24-12-10-19/h5-8,15,22H,4,9-14H2,1-3H3,(H,20,23). The number of nitrogens with one attached hydrogen (secondary N) is 1. The summed E-state index contributed by atoms with van der Waals surface area (Å²) in [6.45, 7) is 5.86. The minimum absolute atomic E-state index is 0.0572. The van der Waals surface area contributed by atoms with Gasteiger partial charge < -0.3 is 24.8 Å². The first-order chi connectivity index (χ1) is 12.0. The van der Waals surface area contributed by atoms with Crippen LogP contribution in [-0.4, -0.2) is 55.6 Å². The Morgan fingerprint density at radius 2 is 2.08 bits per heavy atom. The van der Waals surface area contributed by atoms with Crippen LogP contribution in [0.4, 0.5) is 10.5 Å². The van der Waals surface area contributed by atoms with Crippen molar-refractivity contribution in [3.8, 4) is 5.75 Å². The molecule has 1 saturated heterocycles. The summed E-state index contributed by atoms with van der Waals surface area (Å²) in [5.74, 6) is 0.668. The Hall–Kier alpha value is -1.79. The molecule has 140 valence electrons. The first-order valence-electron chi connectivity index (χ1n) is 8.96. The van der Waals surface area contributed by atoms with E-state index < -0.39 is 0 Å². The van der Waals surface area contributed by atoms with Gasteiger partial charge in [-0.15, -0.1) is 0 Å². The normalized spacial score (nSPS) is 17.6. The van der Waals surface area contributed by atoms with E-state index in [1.165, 1.54) is 0 Å². The third kappa shape index (κ3) is 5.34. The fourth-order valence-electron chi connectivity index (χ4n) is 2.93. The lowest BCUT2D eigenvalue weighted by atomic mass is 9.80. The highest BCUT2D eigenvalue weighted by Crippen LogP contribution is 2.31. The number of aliphatic hydroxyl groups is 1. The van der Waals surface area contributed by atoms with Gasteiger partial charge in [-0.25, -0.2) is 4.79 Å². The Balaban J connectivity index is 2.01. The molecule has 1 atom stereocenters. The van der Waals surface area contributed by atoms with Crippen LogP contribution in [0.3, 0.4) is 0 Å². The van der Waals surface area contributed by atoms with Crippen molar-refractivity contribution in [2.45, 2.75) is 39.2 Å². The lowest BCUT2D eigenvalue weighted by Gasteiger charge is -2.38. The van der Waals surface area contributed by atoms with Gasteiger partial charge in [0.1, 0.15) is 5.75 Å². The monoisotopic (exact) mass is 350 g/mol. The predicted molar refractivity (Wildman–Crippen MR) is 98.0 cm³/mol. The smallest absolute Gasteiger partial charge is 0.321 e. The Morgan fingerprint density at radius 3 is 2.72 bits per heavy atom. The van der Waals surface area contributed by atoms with Crippen LogP contribution >= 0.6 is 0 Å². The number of rotatable bonds is 7. The van der Waals surface area contributed by atoms with Crippen LogP contribution in [-0.2, 0) is 4.74 Å². The molecule has 2 amide bonds. The molecule has 1 aliphatic heterocycles. The number of benzene rings is 1. The Bertz CT molecular complexity index is 558. The maximum absolute atomic E-state index is 12.6. The van der Waals surface area contributed by atoms with Crippen molar-refractivity contribution in [2.75, 3.05) is 38.7 Å². The molecule has 25 heavy (non-hydrogen) atoms. The second-order valence-corrected chi connectivity index (χ2v) is 6.89. The van der Waals surface area contributed by atoms with E-state index in [0.717, 1.165) is 19.3 Å². The van der Waals surface area contributed by atoms with Gasteiger partial charge in [-0.2, -0.15) is 0 Å². The number of aliphatic hydroxyl groups excluding tert-OH is 1. The minimum atomic E-state index is -0.281. The first kappa shape index (κ1) is 19.5. The lowest BCUT2D eigenvalue weighted by Crippen LogP contribution is -2.45. The van der Waals surface area contributed by atoms with Crippen LogP contribution in [0, 0.1) is 5.41 Å². The third-order valence-electron chi connectivity index (χ3n) is 4.84. The molecule has 0 saturated carbocycles. The van der Waals surface area contributed by atoms with Crippen molar-refractivity contribution in [3.63, 3.8) is 0 Å². The average molecular weight is 350 g/mol. The molecule has 0 spiro atoms. The predicted octanol–water partition coefficient (Wildman–Crippen LogP) is 3.12. The molecule has 2 rings (SSSR count). The highest BCUT2D eigenvalue weighted by molar-refractivity contribution is 5.90. The Labute approximate surface area is 150 Å². The van der Waals surface area contributed by atoms with E-state index in [-0.39, 0.29) is 24.2 Å². The van der Waals surface area contributed by atoms with Gasteiger partial charge in [-0.1, -0.05) is 19.1 Å². The Morgan fingerprint density at radius 1 is 1.40 bits per heavy atom. The summed E-state index contributed by atoms with van der Waals surface area (Å²) in [4.78, 5) is 14.2. The zero-order chi connectivity index (χ0) is 18.3. The summed E-state index contributed by atoms with van der Waals surface area (Å²) in [7, 11) is 1.75. The molecule has 0 aliphatic carbocycles. The zero-order valence-corrected chi connectivity index (χ0v) is 15.5. The number of para-hydroxylation sites is 2. The van der Waals surface area contributed by atoms with Gasteiger partial charge in [0.2, 0.25) is 0 Å². The number of nitrogens with zero attached hydrogens (tertiary/aromatic N) is 1. The maximum Gasteiger partial charge on any atom is 0.321 e. The van der Waals surface area contributed by atoms with Crippen LogP contribution in [0.15, 0.2) is 24.3 Å². The molecular weight excluding hydrogens is 320 g/mol. The molecule has 6 nitrogen and oxygen atoms in total. The van der Waals surface area contributed by atoms with E-state index in [9.17, 15) is 9.90 Å². The van der Waals surface area contributed by atoms with Crippen LogP contribution in [0.2, 0.25) is 0 Å². The number of carbonyl (C=O) groups is 1. The summed E-state index contributed by atoms with van der Waals surface area (Å²) in [6.07, 6.45) is 2.49. The minimum Gasteiger partial charge on any atom is -0.489 e. The topological polar surface area (TPSA) is 71.0 Å². The van der Waals surface area contributed by atoms with Crippen molar-refractivity contribution in [3.05, 3.63) is 24.3 Å². The number of ether oxygens (including phenoxy) is 2. The van der Waals surface area contributed by atoms with Crippen molar-refractivity contribution in [1.82, 2.24) is 4.90 Å². The molecule has 1 heterocycles. The van der Waals surface area contributed by atoms with E-state index in [1.807, 2.05) is 31.2 Å². The fourth-order valence-corrected chi connectivity index (χ4v) is 2.93. The quantitative estimate of drug-likeness (QED) is 0.793. The molecular formula is C19H30N2O4. The second kappa shape index (κ2) is 9.06. The summed E-state index contributed by atoms with van der Waals surface area (Å²) >= 11 is 0. The van der Waals surface area contributed by atoms with E-state index >= 15 is 0 Å². The van der Waals surface area contributed by atoms with Crippen molar-refractivity contribution in [2.24, 2.45) is 5.41 Å². The summed E-state index contributed by atoms with van der Waals surface area (Å²) in [5, 5.41) is 12.7. The zero-order valence-electron chi connectivity index (χ0n) is 15.5. The second-order valence-electron chi connectivity index (χ2n) is 6.89. The largest absolute Gasteiger partial charge is 0.489 e. The van der Waals surface area contributed by atoms with Crippen LogP contribution in [0.25, 0.3) is 0 Å². The van der Waals surface area contributed by atoms with E-state index in [0.29, 0.717) is 31.2 Å². The Kier molecular flexibility index (Phi) is 7.08. The number of urea groups is 1. The maximum atomic E-state index is 12.6. The van der Waals surface area contributed by atoms with E-state index in [2.05, 4.69) is 12.2 Å². The number of amides is 2. The van der Waals surface area contributed by atoms with Gasteiger partial charge in [0.05, 0.1) is 18.4 Å². The average Bonchev–Trinajstić information content (AvgIpc) is 2.63. The number of anilines is 1. The number of carbonyl (C=O) groups excluding carboxylic acids is 1. The van der Waals surface area contributed by atoms with Crippen molar-refractivity contribution < 1.29 is 19.4 Å². The molecule has 1 aromatic rings. The van der Waals surface area contributed by atoms with Crippen LogP contribution in [0.1, 0.15) is 33.1 Å². The highest BCUT2D eigenvalue weighted by atomic mass is 16.5. The van der Waals surface area contributed by atoms with E-state index in [1.54, 1.807) is 11.9 Å². The van der Waals surface area contributed by atoms with Crippen molar-refractivity contribution in [1.29, 1.82) is 0 Å². The molecule has 0 aromatic heterocycles. The molecule has 0 radical (unpaired) electrons. The van der Waals surface area contributed by atoms with Gasteiger partial charge in [-0.3, -0.25) is 0 Å². The fraction of sp³-hybridized carbons (Fsp3) is 0.632. The highest BCUT2D eigenvalue weighted by Gasteiger charge is 2.34. The van der Waals surface area contributed by atoms with Crippen molar-refractivity contribution >= 4 is 11.7 Å². The van der Waals surface area contributed by atoms with Crippen LogP contribution in [0.5, 0.6) is 5.75 Å². The van der Waals surface area contributed by atoms with Crippen LogP contribution < -0.4 is 10.1 Å². The first-order valence-corrected chi connectivity index (χ1v) is 8.96. The molecule has 1 fully saturated rings. The van der Waals surface area contributed by atoms with Gasteiger partial charge >= 0.3 is 6.03 Å². The number of hydrogen-bond donors (Lipinski definition) is 2. The van der Waals surface area contributed by atoms with Gasteiger partial charge in [-0.05, 0) is 38.3 Å². The summed E-state index contributed by atoms with van der Waals surface area (Å²) in [6, 6.07) is 7.24. The molecule has 0 bridgehead atoms. The molecule has 1 aromatic carbocycles. The molecule has 1 unspecified atom stereocenters. The summed E-state index contributed by atoms with van der Waals surface area (Å²) in [5.41, 5.74) is 0.376. The molecule has 6 heteroatoms.